The molecule has 1 rings (SSSR count). The summed E-state index contributed by atoms with van der Waals surface area (Å²) in [5.41, 5.74) is 0. The van der Waals surface area contributed by atoms with E-state index in [0.717, 1.165) is 25.7 Å². The van der Waals surface area contributed by atoms with E-state index < -0.39 is 61.7 Å². The Bertz CT molecular complexity index is 709. The van der Waals surface area contributed by atoms with Gasteiger partial charge in [0.1, 0.15) is 6.61 Å². The molecule has 1 aliphatic heterocycles. The number of rotatable bonds is 20. The van der Waals surface area contributed by atoms with Crippen LogP contribution < -0.4 is 0 Å². The zero-order valence-corrected chi connectivity index (χ0v) is 22.7. The number of aliphatic hydroxyl groups is 3. The van der Waals surface area contributed by atoms with Crippen LogP contribution in [0.5, 0.6) is 0 Å². The zero-order valence-electron chi connectivity index (χ0n) is 22.7. The molecule has 3 unspecified atom stereocenters. The first-order chi connectivity index (χ1) is 18.3. The van der Waals surface area contributed by atoms with Gasteiger partial charge in [0.2, 0.25) is 12.2 Å². The van der Waals surface area contributed by atoms with Crippen LogP contribution in [0.3, 0.4) is 0 Å². The standard InChI is InChI=1S/C27H46O11/c1-2-3-4-5-6-7-8-9-10-11-12-13-14-15-16-17-23(31)37-27(20-30)26(34)36-21(18-28)24(32)35-22(19-29)25(33)38-27/h21-22,28-30H,2-20H2,1H3. The number of cyclic esters (lactones) is 3. The molecule has 0 aliphatic carbocycles. The van der Waals surface area contributed by atoms with Gasteiger partial charge in [0, 0.05) is 6.42 Å². The number of carbonyl (C=O) groups excluding carboxylic acids is 4. The van der Waals surface area contributed by atoms with Crippen molar-refractivity contribution < 1.29 is 53.4 Å². The molecule has 3 atom stereocenters. The fraction of sp³-hybridized carbons (Fsp3) is 0.852. The molecule has 38 heavy (non-hydrogen) atoms. The van der Waals surface area contributed by atoms with Gasteiger partial charge < -0.3 is 34.3 Å². The second-order valence-corrected chi connectivity index (χ2v) is 9.69. The Morgan fingerprint density at radius 3 is 1.61 bits per heavy atom. The van der Waals surface area contributed by atoms with Crippen LogP contribution in [-0.2, 0) is 38.1 Å². The summed E-state index contributed by atoms with van der Waals surface area (Å²) in [6.45, 7) is -1.09. The lowest BCUT2D eigenvalue weighted by atomic mass is 10.0. The Kier molecular flexibility index (Phi) is 17.6. The number of carbonyl (C=O) groups is 4. The van der Waals surface area contributed by atoms with E-state index in [1.165, 1.54) is 64.2 Å². The number of aliphatic hydroxyl groups excluding tert-OH is 3. The van der Waals surface area contributed by atoms with Crippen molar-refractivity contribution in [1.82, 2.24) is 0 Å². The SMILES string of the molecule is CCCCCCCCCCCCCCCCCC(=O)OC1(CO)OC(=O)C(CO)OC(=O)C(CO)OC1=O. The Morgan fingerprint density at radius 1 is 0.711 bits per heavy atom. The molecule has 0 saturated carbocycles. The van der Waals surface area contributed by atoms with Crippen LogP contribution in [0.2, 0.25) is 0 Å². The first kappa shape index (κ1) is 33.8. The van der Waals surface area contributed by atoms with Gasteiger partial charge in [0.15, 0.2) is 0 Å². The zero-order chi connectivity index (χ0) is 28.2. The first-order valence-corrected chi connectivity index (χ1v) is 14.0. The molecule has 0 aromatic rings. The van der Waals surface area contributed by atoms with Crippen LogP contribution in [0.1, 0.15) is 110 Å². The number of esters is 4. The summed E-state index contributed by atoms with van der Waals surface area (Å²) < 4.78 is 19.3. The van der Waals surface area contributed by atoms with Crippen LogP contribution >= 0.6 is 0 Å². The van der Waals surface area contributed by atoms with Gasteiger partial charge in [0.05, 0.1) is 13.2 Å². The van der Waals surface area contributed by atoms with E-state index in [-0.39, 0.29) is 6.42 Å². The summed E-state index contributed by atoms with van der Waals surface area (Å²) in [7, 11) is 0. The Balaban J connectivity index is 2.35. The van der Waals surface area contributed by atoms with E-state index in [4.69, 9.17) is 14.2 Å². The molecule has 1 heterocycles. The molecule has 3 N–H and O–H groups in total. The maximum atomic E-state index is 12.6. The number of unbranched alkanes of at least 4 members (excludes halogenated alkanes) is 14. The minimum atomic E-state index is -2.89. The molecule has 0 spiro atoms. The molecule has 1 saturated heterocycles. The lowest BCUT2D eigenvalue weighted by Crippen LogP contribution is -2.53. The molecule has 0 radical (unpaired) electrons. The summed E-state index contributed by atoms with van der Waals surface area (Å²) in [5, 5.41) is 28.4. The molecule has 11 heteroatoms. The van der Waals surface area contributed by atoms with Gasteiger partial charge in [-0.1, -0.05) is 96.8 Å². The fourth-order valence-corrected chi connectivity index (χ4v) is 4.09. The van der Waals surface area contributed by atoms with Crippen molar-refractivity contribution in [2.45, 2.75) is 128 Å². The lowest BCUT2D eigenvalue weighted by molar-refractivity contribution is -0.251. The normalized spacial score (nSPS) is 22.1. The monoisotopic (exact) mass is 546 g/mol. The second-order valence-electron chi connectivity index (χ2n) is 9.69. The molecule has 0 amide bonds. The van der Waals surface area contributed by atoms with E-state index in [1.54, 1.807) is 0 Å². The number of ether oxygens (including phenoxy) is 4. The van der Waals surface area contributed by atoms with Gasteiger partial charge in [-0.15, -0.1) is 0 Å². The fourth-order valence-electron chi connectivity index (χ4n) is 4.09. The van der Waals surface area contributed by atoms with Crippen molar-refractivity contribution in [1.29, 1.82) is 0 Å². The summed E-state index contributed by atoms with van der Waals surface area (Å²) in [6, 6.07) is 0. The Morgan fingerprint density at radius 2 is 1.16 bits per heavy atom. The second kappa shape index (κ2) is 19.8. The molecule has 0 aromatic heterocycles. The highest BCUT2D eigenvalue weighted by Gasteiger charge is 2.52. The summed E-state index contributed by atoms with van der Waals surface area (Å²) in [5.74, 6) is -8.11. The maximum absolute atomic E-state index is 12.6. The van der Waals surface area contributed by atoms with Crippen molar-refractivity contribution in [3.05, 3.63) is 0 Å². The molecule has 0 bridgehead atoms. The van der Waals surface area contributed by atoms with E-state index in [9.17, 15) is 34.5 Å². The smallest absolute Gasteiger partial charge is 0.396 e. The van der Waals surface area contributed by atoms with Gasteiger partial charge in [-0.2, -0.15) is 0 Å². The van der Waals surface area contributed by atoms with Crippen LogP contribution in [-0.4, -0.2) is 77.0 Å². The van der Waals surface area contributed by atoms with Crippen LogP contribution in [0, 0.1) is 0 Å². The highest BCUT2D eigenvalue weighted by Crippen LogP contribution is 2.22. The van der Waals surface area contributed by atoms with Gasteiger partial charge in [-0.05, 0) is 6.42 Å². The molecule has 1 aliphatic rings. The van der Waals surface area contributed by atoms with Gasteiger partial charge in [0.25, 0.3) is 0 Å². The van der Waals surface area contributed by atoms with Gasteiger partial charge >= 0.3 is 29.7 Å². The van der Waals surface area contributed by atoms with Crippen molar-refractivity contribution in [2.75, 3.05) is 19.8 Å². The molecule has 0 aromatic carbocycles. The largest absolute Gasteiger partial charge is 0.445 e. The average molecular weight is 547 g/mol. The molecule has 11 nitrogen and oxygen atoms in total. The predicted molar refractivity (Wildman–Crippen MR) is 135 cm³/mol. The van der Waals surface area contributed by atoms with E-state index in [2.05, 4.69) is 11.7 Å². The molecular formula is C27H46O11. The molecule has 220 valence electrons. The minimum Gasteiger partial charge on any atom is -0.445 e. The third-order valence-corrected chi connectivity index (χ3v) is 6.41. The first-order valence-electron chi connectivity index (χ1n) is 14.0. The van der Waals surface area contributed by atoms with Gasteiger partial charge in [-0.3, -0.25) is 4.79 Å². The summed E-state index contributed by atoms with van der Waals surface area (Å²) in [4.78, 5) is 49.2. The average Bonchev–Trinajstić information content (AvgIpc) is 2.94. The van der Waals surface area contributed by atoms with E-state index in [0.29, 0.717) is 6.42 Å². The summed E-state index contributed by atoms with van der Waals surface area (Å²) >= 11 is 0. The lowest BCUT2D eigenvalue weighted by Gasteiger charge is -2.28. The minimum absolute atomic E-state index is 0.104. The molecular weight excluding hydrogens is 500 g/mol. The third kappa shape index (κ3) is 12.5. The number of hydrogen-bond acceptors (Lipinski definition) is 11. The Labute approximate surface area is 225 Å². The molecule has 1 fully saturated rings. The van der Waals surface area contributed by atoms with Crippen LogP contribution in [0.15, 0.2) is 0 Å². The van der Waals surface area contributed by atoms with Crippen molar-refractivity contribution in [3.8, 4) is 0 Å². The van der Waals surface area contributed by atoms with Gasteiger partial charge in [-0.25, -0.2) is 14.4 Å². The third-order valence-electron chi connectivity index (χ3n) is 6.41. The van der Waals surface area contributed by atoms with Crippen molar-refractivity contribution in [2.24, 2.45) is 0 Å². The predicted octanol–water partition coefficient (Wildman–Crippen LogP) is 2.84. The topological polar surface area (TPSA) is 166 Å². The van der Waals surface area contributed by atoms with E-state index in [1.807, 2.05) is 0 Å². The Hall–Kier alpha value is -2.24. The van der Waals surface area contributed by atoms with Crippen molar-refractivity contribution >= 4 is 23.9 Å². The summed E-state index contributed by atoms with van der Waals surface area (Å²) in [6.07, 6.45) is 13.5. The highest BCUT2D eigenvalue weighted by atomic mass is 16.8. The van der Waals surface area contributed by atoms with E-state index >= 15 is 0 Å². The van der Waals surface area contributed by atoms with Crippen LogP contribution in [0.25, 0.3) is 0 Å². The van der Waals surface area contributed by atoms with Crippen LogP contribution in [0.4, 0.5) is 0 Å². The highest BCUT2D eigenvalue weighted by molar-refractivity contribution is 5.90. The maximum Gasteiger partial charge on any atom is 0.396 e. The number of hydrogen-bond donors (Lipinski definition) is 3. The van der Waals surface area contributed by atoms with Crippen molar-refractivity contribution in [3.63, 3.8) is 0 Å². The quantitative estimate of drug-likeness (QED) is 0.117.